The zero-order valence-corrected chi connectivity index (χ0v) is 15.5. The van der Waals surface area contributed by atoms with Gasteiger partial charge in [0.25, 0.3) is 0 Å². The monoisotopic (exact) mass is 363 g/mol. The normalized spacial score (nSPS) is 12.6. The molecule has 1 heterocycles. The van der Waals surface area contributed by atoms with Gasteiger partial charge in [-0.3, -0.25) is 10.5 Å². The second-order valence-electron chi connectivity index (χ2n) is 6.75. The lowest BCUT2D eigenvalue weighted by Gasteiger charge is -2.15. The molecule has 2 aliphatic rings. The molecule has 0 amide bonds. The Bertz CT molecular complexity index is 1170. The van der Waals surface area contributed by atoms with Gasteiger partial charge in [-0.25, -0.2) is 4.98 Å². The SMILES string of the molecule is CCC(N)Oc1ccc2c(=O)cc3oc4cc(N(C)C)ccc4nc-3c2c1. The summed E-state index contributed by atoms with van der Waals surface area (Å²) in [6.45, 7) is 1.95. The van der Waals surface area contributed by atoms with E-state index >= 15 is 0 Å². The third-order valence-electron chi connectivity index (χ3n) is 4.61. The fourth-order valence-electron chi connectivity index (χ4n) is 3.05. The predicted octanol–water partition coefficient (Wildman–Crippen LogP) is 3.59. The number of nitrogens with two attached hydrogens (primary N) is 1. The topological polar surface area (TPSA) is 81.6 Å². The summed E-state index contributed by atoms with van der Waals surface area (Å²) >= 11 is 0. The number of nitrogens with zero attached hydrogens (tertiary/aromatic N) is 2. The van der Waals surface area contributed by atoms with Gasteiger partial charge in [-0.05, 0) is 36.8 Å². The largest absolute Gasteiger partial charge is 0.476 e. The maximum absolute atomic E-state index is 12.5. The zero-order valence-electron chi connectivity index (χ0n) is 15.5. The molecule has 2 aromatic rings. The Morgan fingerprint density at radius 1 is 1.15 bits per heavy atom. The van der Waals surface area contributed by atoms with Crippen molar-refractivity contribution in [1.29, 1.82) is 0 Å². The van der Waals surface area contributed by atoms with Gasteiger partial charge in [-0.1, -0.05) is 6.92 Å². The van der Waals surface area contributed by atoms with Gasteiger partial charge in [0.15, 0.2) is 16.8 Å². The Morgan fingerprint density at radius 3 is 2.70 bits per heavy atom. The molecule has 0 aromatic heterocycles. The first-order valence-corrected chi connectivity index (χ1v) is 8.87. The first-order chi connectivity index (χ1) is 13.0. The van der Waals surface area contributed by atoms with Crippen LogP contribution in [0.3, 0.4) is 0 Å². The quantitative estimate of drug-likeness (QED) is 0.339. The van der Waals surface area contributed by atoms with Crippen molar-refractivity contribution in [2.45, 2.75) is 19.6 Å². The minimum Gasteiger partial charge on any atom is -0.476 e. The van der Waals surface area contributed by atoms with Crippen molar-refractivity contribution < 1.29 is 9.15 Å². The van der Waals surface area contributed by atoms with Gasteiger partial charge < -0.3 is 14.1 Å². The third kappa shape index (κ3) is 3.08. The minimum absolute atomic E-state index is 0.113. The van der Waals surface area contributed by atoms with Crippen LogP contribution >= 0.6 is 0 Å². The number of ether oxygens (including phenoxy) is 1. The number of benzene rings is 3. The molecule has 1 atom stereocenters. The molecule has 2 aromatic carbocycles. The van der Waals surface area contributed by atoms with Gasteiger partial charge in [0.1, 0.15) is 23.2 Å². The molecular weight excluding hydrogens is 342 g/mol. The average molecular weight is 363 g/mol. The summed E-state index contributed by atoms with van der Waals surface area (Å²) in [4.78, 5) is 19.3. The lowest BCUT2D eigenvalue weighted by Crippen LogP contribution is -2.25. The number of rotatable bonds is 4. The summed E-state index contributed by atoms with van der Waals surface area (Å²) in [7, 11) is 3.92. The number of anilines is 1. The lowest BCUT2D eigenvalue weighted by atomic mass is 10.0. The molecule has 2 N–H and O–H groups in total. The van der Waals surface area contributed by atoms with E-state index in [9.17, 15) is 4.79 Å². The van der Waals surface area contributed by atoms with Crippen molar-refractivity contribution in [2.75, 3.05) is 19.0 Å². The Balaban J connectivity index is 1.97. The van der Waals surface area contributed by atoms with Gasteiger partial charge in [0, 0.05) is 42.7 Å². The maximum Gasteiger partial charge on any atom is 0.190 e. The molecular formula is C21H21N3O3. The predicted molar refractivity (Wildman–Crippen MR) is 108 cm³/mol. The van der Waals surface area contributed by atoms with Crippen molar-refractivity contribution in [1.82, 2.24) is 4.98 Å². The smallest absolute Gasteiger partial charge is 0.190 e. The Labute approximate surface area is 156 Å². The highest BCUT2D eigenvalue weighted by molar-refractivity contribution is 5.97. The molecule has 0 saturated carbocycles. The second-order valence-corrected chi connectivity index (χ2v) is 6.75. The van der Waals surface area contributed by atoms with E-state index in [2.05, 4.69) is 0 Å². The fourth-order valence-corrected chi connectivity index (χ4v) is 3.05. The number of aromatic nitrogens is 1. The van der Waals surface area contributed by atoms with Gasteiger partial charge in [0.2, 0.25) is 0 Å². The third-order valence-corrected chi connectivity index (χ3v) is 4.61. The molecule has 1 aliphatic carbocycles. The highest BCUT2D eigenvalue weighted by atomic mass is 16.5. The number of hydrogen-bond donors (Lipinski definition) is 1. The Kier molecular flexibility index (Phi) is 4.20. The Morgan fingerprint density at radius 2 is 1.96 bits per heavy atom. The van der Waals surface area contributed by atoms with E-state index in [1.165, 1.54) is 6.07 Å². The van der Waals surface area contributed by atoms with Gasteiger partial charge in [0.05, 0.1) is 0 Å². The van der Waals surface area contributed by atoms with Crippen LogP contribution in [-0.4, -0.2) is 25.3 Å². The van der Waals surface area contributed by atoms with Crippen molar-refractivity contribution >= 4 is 27.6 Å². The molecule has 0 radical (unpaired) electrons. The van der Waals surface area contributed by atoms with E-state index in [-0.39, 0.29) is 5.43 Å². The van der Waals surface area contributed by atoms with Gasteiger partial charge in [-0.2, -0.15) is 0 Å². The molecule has 1 aliphatic heterocycles. The van der Waals surface area contributed by atoms with Crippen LogP contribution in [0.1, 0.15) is 13.3 Å². The minimum atomic E-state index is -0.396. The summed E-state index contributed by atoms with van der Waals surface area (Å²) in [5.74, 6) is 1.06. The van der Waals surface area contributed by atoms with Gasteiger partial charge >= 0.3 is 0 Å². The first-order valence-electron chi connectivity index (χ1n) is 8.87. The number of hydrogen-bond acceptors (Lipinski definition) is 6. The van der Waals surface area contributed by atoms with Crippen LogP contribution < -0.4 is 20.8 Å². The van der Waals surface area contributed by atoms with E-state index in [0.717, 1.165) is 11.2 Å². The number of fused-ring (bicyclic) bond motifs is 4. The van der Waals surface area contributed by atoms with Crippen molar-refractivity contribution in [3.63, 3.8) is 0 Å². The summed E-state index contributed by atoms with van der Waals surface area (Å²) in [5, 5.41) is 1.27. The average Bonchev–Trinajstić information content (AvgIpc) is 2.66. The van der Waals surface area contributed by atoms with Crippen LogP contribution in [0.5, 0.6) is 5.75 Å². The van der Waals surface area contributed by atoms with E-state index in [1.807, 2.05) is 44.1 Å². The van der Waals surface area contributed by atoms with E-state index in [4.69, 9.17) is 19.9 Å². The molecule has 0 spiro atoms. The zero-order chi connectivity index (χ0) is 19.1. The molecule has 138 valence electrons. The lowest BCUT2D eigenvalue weighted by molar-refractivity contribution is 0.205. The molecule has 0 bridgehead atoms. The highest BCUT2D eigenvalue weighted by Crippen LogP contribution is 2.33. The molecule has 4 rings (SSSR count). The van der Waals surface area contributed by atoms with E-state index in [0.29, 0.717) is 40.0 Å². The van der Waals surface area contributed by atoms with Crippen LogP contribution in [0.4, 0.5) is 5.69 Å². The van der Waals surface area contributed by atoms with E-state index in [1.54, 1.807) is 18.2 Å². The van der Waals surface area contributed by atoms with Crippen LogP contribution in [0.25, 0.3) is 33.3 Å². The summed E-state index contributed by atoms with van der Waals surface area (Å²) in [6.07, 6.45) is 0.291. The maximum atomic E-state index is 12.5. The molecule has 0 fully saturated rings. The Hall–Kier alpha value is -3.12. The summed E-state index contributed by atoms with van der Waals surface area (Å²) < 4.78 is 11.7. The van der Waals surface area contributed by atoms with Crippen LogP contribution in [0.15, 0.2) is 51.7 Å². The second kappa shape index (κ2) is 6.55. The van der Waals surface area contributed by atoms with Crippen LogP contribution in [-0.2, 0) is 0 Å². The summed E-state index contributed by atoms with van der Waals surface area (Å²) in [5.41, 5.74) is 8.76. The standard InChI is InChI=1S/C21H21N3O3/c1-4-20(22)26-13-6-7-14-15(10-13)21-19(11-17(14)25)27-18-9-12(24(2)3)5-8-16(18)23-21/h5-11,20H,4,22H2,1-3H3. The van der Waals surface area contributed by atoms with Crippen molar-refractivity contribution in [3.05, 3.63) is 52.7 Å². The fraction of sp³-hybridized carbons (Fsp3) is 0.238. The molecule has 6 heteroatoms. The molecule has 0 saturated heterocycles. The summed E-state index contributed by atoms with van der Waals surface area (Å²) in [6, 6.07) is 12.6. The molecule has 6 nitrogen and oxygen atoms in total. The van der Waals surface area contributed by atoms with Crippen LogP contribution in [0.2, 0.25) is 0 Å². The first kappa shape index (κ1) is 17.3. The van der Waals surface area contributed by atoms with Crippen LogP contribution in [0, 0.1) is 0 Å². The highest BCUT2D eigenvalue weighted by Gasteiger charge is 2.17. The molecule has 1 unspecified atom stereocenters. The van der Waals surface area contributed by atoms with Gasteiger partial charge in [-0.15, -0.1) is 0 Å². The van der Waals surface area contributed by atoms with Crippen molar-refractivity contribution in [2.24, 2.45) is 5.73 Å². The van der Waals surface area contributed by atoms with E-state index < -0.39 is 6.23 Å². The molecule has 27 heavy (non-hydrogen) atoms. The van der Waals surface area contributed by atoms with Crippen molar-refractivity contribution in [3.8, 4) is 17.2 Å².